The van der Waals surface area contributed by atoms with Crippen LogP contribution < -0.4 is 5.32 Å². The number of furan rings is 1. The third kappa shape index (κ3) is 3.37. The fraction of sp³-hybridized carbons (Fsp3) is 0.538. The average molecular weight is 282 g/mol. The van der Waals surface area contributed by atoms with E-state index in [0.717, 1.165) is 0 Å². The molecule has 2 heterocycles. The average Bonchev–Trinajstić information content (AvgIpc) is 2.88. The summed E-state index contributed by atoms with van der Waals surface area (Å²) < 4.78 is 10.6. The van der Waals surface area contributed by atoms with Crippen molar-refractivity contribution in [3.63, 3.8) is 0 Å². The maximum Gasteiger partial charge on any atom is 0.371 e. The first-order valence-electron chi connectivity index (χ1n) is 6.53. The lowest BCUT2D eigenvalue weighted by atomic mass is 10.2. The molecule has 2 rings (SSSR count). The van der Waals surface area contributed by atoms with Crippen molar-refractivity contribution in [2.24, 2.45) is 0 Å². The van der Waals surface area contributed by atoms with Crippen LogP contribution in [0.25, 0.3) is 0 Å². The Bertz CT molecular complexity index is 485. The molecule has 1 aromatic heterocycles. The number of carbonyl (C=O) groups excluding carboxylic acids is 1. The summed E-state index contributed by atoms with van der Waals surface area (Å²) in [5.74, 6) is -0.753. The van der Waals surface area contributed by atoms with Crippen LogP contribution in [0.2, 0.25) is 0 Å². The quantitative estimate of drug-likeness (QED) is 0.808. The van der Waals surface area contributed by atoms with Gasteiger partial charge in [-0.25, -0.2) is 4.79 Å². The molecule has 0 aliphatic carbocycles. The van der Waals surface area contributed by atoms with Gasteiger partial charge in [-0.05, 0) is 19.1 Å². The number of nitrogens with one attached hydrogen (secondary N) is 1. The summed E-state index contributed by atoms with van der Waals surface area (Å²) in [6.45, 7) is 4.29. The number of likely N-dealkylation sites (N-methyl/N-ethyl adjacent to an activating group) is 1. The van der Waals surface area contributed by atoms with Crippen LogP contribution in [-0.4, -0.2) is 54.2 Å². The van der Waals surface area contributed by atoms with Crippen molar-refractivity contribution in [3.05, 3.63) is 23.7 Å². The zero-order valence-corrected chi connectivity index (χ0v) is 11.3. The van der Waals surface area contributed by atoms with Crippen LogP contribution >= 0.6 is 0 Å². The minimum Gasteiger partial charge on any atom is -0.475 e. The largest absolute Gasteiger partial charge is 0.475 e. The second-order valence-electron chi connectivity index (χ2n) is 4.53. The maximum atomic E-state index is 12.0. The van der Waals surface area contributed by atoms with Gasteiger partial charge < -0.3 is 19.6 Å². The van der Waals surface area contributed by atoms with E-state index in [1.807, 2.05) is 11.8 Å². The van der Waals surface area contributed by atoms with Gasteiger partial charge in [0.1, 0.15) is 11.8 Å². The first-order chi connectivity index (χ1) is 9.61. The molecule has 7 heteroatoms. The number of carboxylic acid groups (broad SMARTS) is 1. The number of rotatable bonds is 5. The molecule has 1 aromatic rings. The summed E-state index contributed by atoms with van der Waals surface area (Å²) in [4.78, 5) is 24.7. The van der Waals surface area contributed by atoms with E-state index in [1.54, 1.807) is 6.07 Å². The van der Waals surface area contributed by atoms with Crippen LogP contribution in [0.1, 0.15) is 23.2 Å². The molecule has 2 N–H and O–H groups in total. The summed E-state index contributed by atoms with van der Waals surface area (Å²) >= 11 is 0. The predicted octanol–water partition coefficient (Wildman–Crippen LogP) is 0.315. The van der Waals surface area contributed by atoms with Crippen LogP contribution in [-0.2, 0) is 16.1 Å². The third-order valence-corrected chi connectivity index (χ3v) is 3.12. The summed E-state index contributed by atoms with van der Waals surface area (Å²) in [5, 5.41) is 11.6. The molecule has 1 atom stereocenters. The molecular weight excluding hydrogens is 264 g/mol. The number of carboxylic acids is 1. The Morgan fingerprint density at radius 1 is 1.50 bits per heavy atom. The normalized spacial score (nSPS) is 19.8. The molecule has 0 bridgehead atoms. The molecule has 0 spiro atoms. The maximum absolute atomic E-state index is 12.0. The molecule has 20 heavy (non-hydrogen) atoms. The molecule has 1 amide bonds. The van der Waals surface area contributed by atoms with Crippen molar-refractivity contribution in [2.75, 3.05) is 26.3 Å². The highest BCUT2D eigenvalue weighted by Gasteiger charge is 2.29. The highest BCUT2D eigenvalue weighted by atomic mass is 16.5. The summed E-state index contributed by atoms with van der Waals surface area (Å²) in [6.07, 6.45) is 0. The van der Waals surface area contributed by atoms with Crippen molar-refractivity contribution in [1.82, 2.24) is 10.2 Å². The molecule has 0 aromatic carbocycles. The zero-order valence-electron chi connectivity index (χ0n) is 11.3. The zero-order chi connectivity index (χ0) is 14.5. The highest BCUT2D eigenvalue weighted by Crippen LogP contribution is 2.15. The summed E-state index contributed by atoms with van der Waals surface area (Å²) in [6, 6.07) is 2.66. The summed E-state index contributed by atoms with van der Waals surface area (Å²) in [5.41, 5.74) is 0. The second kappa shape index (κ2) is 6.53. The van der Waals surface area contributed by atoms with Crippen molar-refractivity contribution in [1.29, 1.82) is 0 Å². The van der Waals surface area contributed by atoms with Gasteiger partial charge in [0.05, 0.1) is 19.8 Å². The van der Waals surface area contributed by atoms with Gasteiger partial charge in [-0.15, -0.1) is 0 Å². The molecule has 1 aliphatic rings. The van der Waals surface area contributed by atoms with E-state index >= 15 is 0 Å². The number of carbonyl (C=O) groups is 2. The topological polar surface area (TPSA) is 92.0 Å². The van der Waals surface area contributed by atoms with Crippen LogP contribution in [0.15, 0.2) is 16.5 Å². The van der Waals surface area contributed by atoms with Crippen LogP contribution in [0.3, 0.4) is 0 Å². The number of morpholine rings is 1. The Hall–Kier alpha value is -1.86. The molecule has 1 saturated heterocycles. The molecule has 1 aliphatic heterocycles. The smallest absolute Gasteiger partial charge is 0.371 e. The molecule has 1 unspecified atom stereocenters. The fourth-order valence-corrected chi connectivity index (χ4v) is 2.14. The van der Waals surface area contributed by atoms with E-state index in [-0.39, 0.29) is 17.7 Å². The number of aromatic carboxylic acids is 1. The molecule has 0 radical (unpaired) electrons. The fourth-order valence-electron chi connectivity index (χ4n) is 2.14. The Morgan fingerprint density at radius 2 is 2.30 bits per heavy atom. The summed E-state index contributed by atoms with van der Waals surface area (Å²) in [7, 11) is 0. The standard InChI is InChI=1S/C13H18N2O5/c1-2-14-12(16)10-8-19-6-5-15(10)7-9-3-4-11(20-9)13(17)18/h3-4,10H,2,5-8H2,1H3,(H,14,16)(H,17,18). The van der Waals surface area contributed by atoms with E-state index in [0.29, 0.717) is 38.6 Å². The van der Waals surface area contributed by atoms with Gasteiger partial charge in [0.2, 0.25) is 11.7 Å². The number of hydrogen-bond acceptors (Lipinski definition) is 5. The van der Waals surface area contributed by atoms with Gasteiger partial charge in [0.15, 0.2) is 0 Å². The SMILES string of the molecule is CCNC(=O)C1COCCN1Cc1ccc(C(=O)O)o1. The van der Waals surface area contributed by atoms with E-state index in [2.05, 4.69) is 5.32 Å². The van der Waals surface area contributed by atoms with Gasteiger partial charge in [0, 0.05) is 13.1 Å². The Labute approximate surface area is 116 Å². The lowest BCUT2D eigenvalue weighted by Gasteiger charge is -2.33. The van der Waals surface area contributed by atoms with Gasteiger partial charge >= 0.3 is 5.97 Å². The van der Waals surface area contributed by atoms with E-state index in [4.69, 9.17) is 14.3 Å². The van der Waals surface area contributed by atoms with Gasteiger partial charge in [-0.2, -0.15) is 0 Å². The van der Waals surface area contributed by atoms with Crippen LogP contribution in [0.5, 0.6) is 0 Å². The molecule has 0 saturated carbocycles. The van der Waals surface area contributed by atoms with Crippen molar-refractivity contribution >= 4 is 11.9 Å². The van der Waals surface area contributed by atoms with Crippen LogP contribution in [0, 0.1) is 0 Å². The minimum absolute atomic E-state index is 0.0859. The van der Waals surface area contributed by atoms with Crippen molar-refractivity contribution in [3.8, 4) is 0 Å². The third-order valence-electron chi connectivity index (χ3n) is 3.12. The number of ether oxygens (including phenoxy) is 1. The highest BCUT2D eigenvalue weighted by molar-refractivity contribution is 5.84. The van der Waals surface area contributed by atoms with Crippen molar-refractivity contribution < 1.29 is 23.8 Å². The second-order valence-corrected chi connectivity index (χ2v) is 4.53. The monoisotopic (exact) mass is 282 g/mol. The number of amides is 1. The predicted molar refractivity (Wildman–Crippen MR) is 69.4 cm³/mol. The Morgan fingerprint density at radius 3 is 2.95 bits per heavy atom. The van der Waals surface area contributed by atoms with Crippen molar-refractivity contribution in [2.45, 2.75) is 19.5 Å². The lowest BCUT2D eigenvalue weighted by molar-refractivity contribution is -0.133. The van der Waals surface area contributed by atoms with E-state index < -0.39 is 5.97 Å². The Kier molecular flexibility index (Phi) is 4.75. The lowest BCUT2D eigenvalue weighted by Crippen LogP contribution is -2.53. The molecule has 1 fully saturated rings. The van der Waals surface area contributed by atoms with Gasteiger partial charge in [-0.3, -0.25) is 9.69 Å². The van der Waals surface area contributed by atoms with Gasteiger partial charge in [-0.1, -0.05) is 0 Å². The molecule has 110 valence electrons. The van der Waals surface area contributed by atoms with E-state index in [9.17, 15) is 9.59 Å². The number of hydrogen-bond donors (Lipinski definition) is 2. The van der Waals surface area contributed by atoms with Gasteiger partial charge in [0.25, 0.3) is 0 Å². The first kappa shape index (κ1) is 14.5. The Balaban J connectivity index is 2.04. The first-order valence-corrected chi connectivity index (χ1v) is 6.53. The van der Waals surface area contributed by atoms with Crippen LogP contribution in [0.4, 0.5) is 0 Å². The molecular formula is C13H18N2O5. The molecule has 7 nitrogen and oxygen atoms in total. The number of nitrogens with zero attached hydrogens (tertiary/aromatic N) is 1. The minimum atomic E-state index is -1.10. The van der Waals surface area contributed by atoms with E-state index in [1.165, 1.54) is 6.07 Å².